The third kappa shape index (κ3) is 5.18. The van der Waals surface area contributed by atoms with Crippen LogP contribution in [0.3, 0.4) is 0 Å². The van der Waals surface area contributed by atoms with E-state index >= 15 is 0 Å². The summed E-state index contributed by atoms with van der Waals surface area (Å²) in [5.41, 5.74) is 0.223. The maximum absolute atomic E-state index is 13.4. The van der Waals surface area contributed by atoms with Gasteiger partial charge >= 0.3 is 6.36 Å². The Balaban J connectivity index is 2.71. The van der Waals surface area contributed by atoms with E-state index in [-0.39, 0.29) is 5.56 Å². The summed E-state index contributed by atoms with van der Waals surface area (Å²) < 4.78 is 52.7. The Morgan fingerprint density at radius 3 is 2.61 bits per heavy atom. The molecule has 0 aliphatic heterocycles. The lowest BCUT2D eigenvalue weighted by molar-refractivity contribution is -0.274. The zero-order valence-electron chi connectivity index (χ0n) is 9.72. The minimum atomic E-state index is -4.81. The van der Waals surface area contributed by atoms with E-state index in [0.29, 0.717) is 12.5 Å². The fourth-order valence-electron chi connectivity index (χ4n) is 1.28. The molecule has 0 aliphatic carbocycles. The van der Waals surface area contributed by atoms with Crippen LogP contribution in [0.1, 0.15) is 12.0 Å². The molecule has 0 amide bonds. The first kappa shape index (κ1) is 14.5. The van der Waals surface area contributed by atoms with Crippen molar-refractivity contribution in [1.29, 1.82) is 0 Å². The molecule has 100 valence electrons. The molecule has 0 fully saturated rings. The molecule has 0 saturated heterocycles. The molecule has 1 N–H and O–H groups in total. The monoisotopic (exact) mass is 263 g/mol. The second-order valence-corrected chi connectivity index (χ2v) is 3.53. The lowest BCUT2D eigenvalue weighted by Crippen LogP contribution is -2.17. The van der Waals surface area contributed by atoms with E-state index in [1.807, 2.05) is 0 Å². The largest absolute Gasteiger partial charge is 0.573 e. The highest BCUT2D eigenvalue weighted by Gasteiger charge is 2.31. The van der Waals surface area contributed by atoms with Gasteiger partial charge in [0.25, 0.3) is 0 Å². The molecule has 18 heavy (non-hydrogen) atoms. The minimum absolute atomic E-state index is 0.223. The van der Waals surface area contributed by atoms with Crippen LogP contribution in [0.15, 0.2) is 24.3 Å². The predicted octanol–water partition coefficient (Wildman–Crippen LogP) is 3.35. The number of halogens is 4. The van der Waals surface area contributed by atoms with Crippen molar-refractivity contribution >= 4 is 6.08 Å². The van der Waals surface area contributed by atoms with Crippen molar-refractivity contribution < 1.29 is 22.3 Å². The number of benzene rings is 1. The maximum atomic E-state index is 13.4. The zero-order valence-corrected chi connectivity index (χ0v) is 9.72. The van der Waals surface area contributed by atoms with E-state index in [9.17, 15) is 17.6 Å². The van der Waals surface area contributed by atoms with Crippen molar-refractivity contribution in [3.8, 4) is 5.75 Å². The lowest BCUT2D eigenvalue weighted by Gasteiger charge is -2.09. The van der Waals surface area contributed by atoms with Gasteiger partial charge in [-0.2, -0.15) is 0 Å². The van der Waals surface area contributed by atoms with E-state index in [1.165, 1.54) is 12.1 Å². The van der Waals surface area contributed by atoms with Gasteiger partial charge in [-0.15, -0.1) is 13.2 Å². The first-order valence-electron chi connectivity index (χ1n) is 5.29. The lowest BCUT2D eigenvalue weighted by atomic mass is 10.2. The van der Waals surface area contributed by atoms with Crippen molar-refractivity contribution in [2.45, 2.75) is 12.8 Å². The summed E-state index contributed by atoms with van der Waals surface area (Å²) in [5, 5.41) is 2.91. The molecule has 0 radical (unpaired) electrons. The van der Waals surface area contributed by atoms with Crippen LogP contribution in [-0.2, 0) is 0 Å². The minimum Gasteiger partial charge on any atom is -0.406 e. The molecule has 0 aromatic heterocycles. The van der Waals surface area contributed by atoms with Gasteiger partial charge in [-0.25, -0.2) is 4.39 Å². The van der Waals surface area contributed by atoms with Gasteiger partial charge in [0.1, 0.15) is 11.6 Å². The van der Waals surface area contributed by atoms with Gasteiger partial charge in [-0.1, -0.05) is 12.2 Å². The Hall–Kier alpha value is -1.56. The molecule has 0 bridgehead atoms. The van der Waals surface area contributed by atoms with Crippen LogP contribution in [0.4, 0.5) is 17.6 Å². The fourth-order valence-corrected chi connectivity index (χ4v) is 1.28. The van der Waals surface area contributed by atoms with Gasteiger partial charge in [0.15, 0.2) is 0 Å². The number of hydrogen-bond acceptors (Lipinski definition) is 2. The molecule has 0 saturated carbocycles. The van der Waals surface area contributed by atoms with E-state index in [2.05, 4.69) is 10.1 Å². The Labute approximate surface area is 102 Å². The average molecular weight is 263 g/mol. The molecule has 0 heterocycles. The summed E-state index contributed by atoms with van der Waals surface area (Å²) >= 11 is 0. The topological polar surface area (TPSA) is 21.3 Å². The smallest absolute Gasteiger partial charge is 0.406 e. The first-order valence-corrected chi connectivity index (χ1v) is 5.29. The Morgan fingerprint density at radius 1 is 1.33 bits per heavy atom. The molecule has 1 aromatic rings. The van der Waals surface area contributed by atoms with E-state index in [4.69, 9.17) is 0 Å². The Kier molecular flexibility index (Phi) is 5.15. The summed E-state index contributed by atoms with van der Waals surface area (Å²) in [4.78, 5) is 0. The molecular weight excluding hydrogens is 250 g/mol. The molecule has 1 aromatic carbocycles. The summed E-state index contributed by atoms with van der Waals surface area (Å²) in [6.07, 6.45) is -0.851. The van der Waals surface area contributed by atoms with Crippen LogP contribution in [0, 0.1) is 5.82 Å². The van der Waals surface area contributed by atoms with Gasteiger partial charge in [0, 0.05) is 11.6 Å². The highest BCUT2D eigenvalue weighted by atomic mass is 19.4. The molecular formula is C12H13F4NO. The van der Waals surface area contributed by atoms with Gasteiger partial charge in [0.2, 0.25) is 0 Å². The number of hydrogen-bond donors (Lipinski definition) is 1. The summed E-state index contributed by atoms with van der Waals surface area (Å²) in [6.45, 7) is 0.743. The Morgan fingerprint density at radius 2 is 2.06 bits per heavy atom. The Bertz CT molecular complexity index is 415. The number of rotatable bonds is 5. The van der Waals surface area contributed by atoms with Crippen LogP contribution in [0.25, 0.3) is 6.08 Å². The highest BCUT2D eigenvalue weighted by Crippen LogP contribution is 2.24. The summed E-state index contributed by atoms with van der Waals surface area (Å²) in [7, 11) is 1.79. The van der Waals surface area contributed by atoms with Crippen LogP contribution >= 0.6 is 0 Å². The molecule has 1 rings (SSSR count). The third-order valence-corrected chi connectivity index (χ3v) is 2.06. The van der Waals surface area contributed by atoms with Crippen molar-refractivity contribution in [3.05, 3.63) is 35.7 Å². The average Bonchev–Trinajstić information content (AvgIpc) is 2.24. The molecule has 0 atom stereocenters. The van der Waals surface area contributed by atoms with Crippen molar-refractivity contribution in [3.63, 3.8) is 0 Å². The quantitative estimate of drug-likeness (QED) is 0.649. The van der Waals surface area contributed by atoms with Crippen LogP contribution in [0.5, 0.6) is 5.75 Å². The van der Waals surface area contributed by atoms with Gasteiger partial charge in [-0.3, -0.25) is 0 Å². The highest BCUT2D eigenvalue weighted by molar-refractivity contribution is 5.51. The van der Waals surface area contributed by atoms with E-state index < -0.39 is 17.9 Å². The first-order chi connectivity index (χ1) is 8.42. The number of ether oxygens (including phenoxy) is 1. The second-order valence-electron chi connectivity index (χ2n) is 3.53. The normalized spacial score (nSPS) is 12.1. The maximum Gasteiger partial charge on any atom is 0.573 e. The molecule has 6 heteroatoms. The van der Waals surface area contributed by atoms with Crippen molar-refractivity contribution in [2.75, 3.05) is 13.6 Å². The molecule has 0 unspecified atom stereocenters. The summed E-state index contributed by atoms with van der Waals surface area (Å²) in [6, 6.07) is 3.03. The van der Waals surface area contributed by atoms with Gasteiger partial charge < -0.3 is 10.1 Å². The molecule has 2 nitrogen and oxygen atoms in total. The van der Waals surface area contributed by atoms with Crippen molar-refractivity contribution in [1.82, 2.24) is 5.32 Å². The van der Waals surface area contributed by atoms with Gasteiger partial charge in [-0.05, 0) is 32.1 Å². The summed E-state index contributed by atoms with van der Waals surface area (Å²) in [5.74, 6) is -1.31. The molecule has 0 aliphatic rings. The van der Waals surface area contributed by atoms with Crippen molar-refractivity contribution in [2.24, 2.45) is 0 Å². The third-order valence-electron chi connectivity index (χ3n) is 2.06. The fraction of sp³-hybridized carbons (Fsp3) is 0.333. The van der Waals surface area contributed by atoms with Crippen LogP contribution in [-0.4, -0.2) is 20.0 Å². The number of nitrogens with one attached hydrogen (secondary N) is 1. The molecule has 0 spiro atoms. The predicted molar refractivity (Wildman–Crippen MR) is 60.7 cm³/mol. The van der Waals surface area contributed by atoms with Crippen LogP contribution < -0.4 is 10.1 Å². The van der Waals surface area contributed by atoms with Crippen LogP contribution in [0.2, 0.25) is 0 Å². The SMILES string of the molecule is CNCCC=Cc1ccc(OC(F)(F)F)cc1F. The number of alkyl halides is 3. The van der Waals surface area contributed by atoms with Gasteiger partial charge in [0.05, 0.1) is 0 Å². The van der Waals surface area contributed by atoms with E-state index in [1.54, 1.807) is 13.1 Å². The zero-order chi connectivity index (χ0) is 13.6. The standard InChI is InChI=1S/C12H13F4NO/c1-17-7-3-2-4-9-5-6-10(8-11(9)13)18-12(14,15)16/h2,4-6,8,17H,3,7H2,1H3. The van der Waals surface area contributed by atoms with E-state index in [0.717, 1.165) is 12.6 Å². The second kappa shape index (κ2) is 6.39.